The van der Waals surface area contributed by atoms with Crippen LogP contribution in [0.3, 0.4) is 0 Å². The van der Waals surface area contributed by atoms with Gasteiger partial charge in [0, 0.05) is 13.7 Å². The second kappa shape index (κ2) is 6.96. The molecule has 0 aliphatic carbocycles. The molecule has 0 aromatic heterocycles. The molecule has 1 aromatic carbocycles. The molecule has 0 bridgehead atoms. The summed E-state index contributed by atoms with van der Waals surface area (Å²) in [4.78, 5) is 5.09. The van der Waals surface area contributed by atoms with Gasteiger partial charge in [0.25, 0.3) is 0 Å². The summed E-state index contributed by atoms with van der Waals surface area (Å²) in [6.45, 7) is 1.56. The SMILES string of the molecule is COCCONCc1ccccc1C#N. The first-order chi connectivity index (χ1) is 7.38. The molecule has 0 heterocycles. The largest absolute Gasteiger partial charge is 0.382 e. The number of ether oxygens (including phenoxy) is 1. The van der Waals surface area contributed by atoms with Crippen molar-refractivity contribution in [2.24, 2.45) is 0 Å². The first kappa shape index (κ1) is 11.7. The van der Waals surface area contributed by atoms with E-state index in [2.05, 4.69) is 11.5 Å². The average molecular weight is 206 g/mol. The lowest BCUT2D eigenvalue weighted by molar-refractivity contribution is 0.00343. The highest BCUT2D eigenvalue weighted by Gasteiger charge is 1.99. The Bertz CT molecular complexity index is 334. The molecule has 0 aliphatic rings. The highest BCUT2D eigenvalue weighted by atomic mass is 16.7. The molecule has 80 valence electrons. The lowest BCUT2D eigenvalue weighted by Crippen LogP contribution is -2.17. The fourth-order valence-corrected chi connectivity index (χ4v) is 1.11. The molecule has 0 atom stereocenters. The van der Waals surface area contributed by atoms with Crippen LogP contribution in [0.1, 0.15) is 11.1 Å². The van der Waals surface area contributed by atoms with Crippen LogP contribution in [0.15, 0.2) is 24.3 Å². The van der Waals surface area contributed by atoms with Gasteiger partial charge >= 0.3 is 0 Å². The summed E-state index contributed by atoms with van der Waals surface area (Å²) in [5, 5.41) is 8.82. The predicted octanol–water partition coefficient (Wildman–Crippen LogP) is 1.23. The van der Waals surface area contributed by atoms with E-state index in [4.69, 9.17) is 14.8 Å². The maximum atomic E-state index is 8.82. The molecular weight excluding hydrogens is 192 g/mol. The first-order valence-corrected chi connectivity index (χ1v) is 4.70. The van der Waals surface area contributed by atoms with E-state index in [1.807, 2.05) is 18.2 Å². The van der Waals surface area contributed by atoms with E-state index >= 15 is 0 Å². The van der Waals surface area contributed by atoms with Gasteiger partial charge in [-0.1, -0.05) is 18.2 Å². The number of benzene rings is 1. The van der Waals surface area contributed by atoms with Gasteiger partial charge in [-0.2, -0.15) is 10.7 Å². The number of rotatable bonds is 6. The summed E-state index contributed by atoms with van der Waals surface area (Å²) < 4.78 is 4.82. The number of nitrogens with one attached hydrogen (secondary N) is 1. The van der Waals surface area contributed by atoms with Crippen molar-refractivity contribution in [2.45, 2.75) is 6.54 Å². The zero-order valence-corrected chi connectivity index (χ0v) is 8.69. The maximum Gasteiger partial charge on any atom is 0.0995 e. The van der Waals surface area contributed by atoms with E-state index < -0.39 is 0 Å². The van der Waals surface area contributed by atoms with Crippen molar-refractivity contribution in [1.82, 2.24) is 5.48 Å². The number of nitriles is 1. The Morgan fingerprint density at radius 3 is 2.87 bits per heavy atom. The van der Waals surface area contributed by atoms with E-state index in [1.165, 1.54) is 0 Å². The Hall–Kier alpha value is -1.41. The van der Waals surface area contributed by atoms with Gasteiger partial charge < -0.3 is 4.74 Å². The van der Waals surface area contributed by atoms with Crippen LogP contribution in [0.2, 0.25) is 0 Å². The minimum absolute atomic E-state index is 0.491. The Balaban J connectivity index is 2.34. The highest BCUT2D eigenvalue weighted by Crippen LogP contribution is 2.06. The normalized spacial score (nSPS) is 9.87. The number of nitrogens with zero attached hydrogens (tertiary/aromatic N) is 1. The Kier molecular flexibility index (Phi) is 5.41. The first-order valence-electron chi connectivity index (χ1n) is 4.70. The van der Waals surface area contributed by atoms with Crippen LogP contribution in [-0.2, 0) is 16.1 Å². The summed E-state index contributed by atoms with van der Waals surface area (Å²) in [7, 11) is 1.62. The van der Waals surface area contributed by atoms with Crippen LogP contribution in [-0.4, -0.2) is 20.3 Å². The van der Waals surface area contributed by atoms with E-state index in [0.717, 1.165) is 5.56 Å². The fourth-order valence-electron chi connectivity index (χ4n) is 1.11. The van der Waals surface area contributed by atoms with Crippen LogP contribution >= 0.6 is 0 Å². The monoisotopic (exact) mass is 206 g/mol. The smallest absolute Gasteiger partial charge is 0.0995 e. The Morgan fingerprint density at radius 1 is 1.33 bits per heavy atom. The molecule has 0 fully saturated rings. The van der Waals surface area contributed by atoms with E-state index in [9.17, 15) is 0 Å². The molecule has 15 heavy (non-hydrogen) atoms. The molecule has 4 heteroatoms. The van der Waals surface area contributed by atoms with Crippen molar-refractivity contribution < 1.29 is 9.57 Å². The molecule has 1 rings (SSSR count). The van der Waals surface area contributed by atoms with E-state index in [-0.39, 0.29) is 0 Å². The zero-order chi connectivity index (χ0) is 10.9. The Labute approximate surface area is 89.4 Å². The van der Waals surface area contributed by atoms with Gasteiger partial charge in [-0.25, -0.2) is 0 Å². The summed E-state index contributed by atoms with van der Waals surface area (Å²) >= 11 is 0. The minimum atomic E-state index is 0.491. The second-order valence-corrected chi connectivity index (χ2v) is 2.93. The predicted molar refractivity (Wildman–Crippen MR) is 55.8 cm³/mol. The zero-order valence-electron chi connectivity index (χ0n) is 8.69. The topological polar surface area (TPSA) is 54.3 Å². The van der Waals surface area contributed by atoms with Gasteiger partial charge in [0.05, 0.1) is 24.8 Å². The van der Waals surface area contributed by atoms with Crippen LogP contribution < -0.4 is 5.48 Å². The Morgan fingerprint density at radius 2 is 2.13 bits per heavy atom. The summed E-state index contributed by atoms with van der Waals surface area (Å²) in [6, 6.07) is 9.54. The van der Waals surface area contributed by atoms with Crippen molar-refractivity contribution in [3.8, 4) is 6.07 Å². The molecule has 0 radical (unpaired) electrons. The van der Waals surface area contributed by atoms with Crippen LogP contribution in [0.5, 0.6) is 0 Å². The van der Waals surface area contributed by atoms with Gasteiger partial charge in [0.15, 0.2) is 0 Å². The lowest BCUT2D eigenvalue weighted by Gasteiger charge is -2.06. The number of hydroxylamine groups is 1. The maximum absolute atomic E-state index is 8.82. The molecule has 0 spiro atoms. The third-order valence-electron chi connectivity index (χ3n) is 1.89. The van der Waals surface area contributed by atoms with Crippen LogP contribution in [0.25, 0.3) is 0 Å². The van der Waals surface area contributed by atoms with Gasteiger partial charge in [-0.15, -0.1) is 0 Å². The quantitative estimate of drug-likeness (QED) is 0.561. The van der Waals surface area contributed by atoms with Crippen LogP contribution in [0.4, 0.5) is 0 Å². The standard InChI is InChI=1S/C11H14N2O2/c1-14-6-7-15-13-9-11-5-3-2-4-10(11)8-12/h2-5,13H,6-7,9H2,1H3. The second-order valence-electron chi connectivity index (χ2n) is 2.93. The van der Waals surface area contributed by atoms with Crippen molar-refractivity contribution >= 4 is 0 Å². The molecule has 4 nitrogen and oxygen atoms in total. The van der Waals surface area contributed by atoms with Crippen molar-refractivity contribution in [1.29, 1.82) is 5.26 Å². The molecular formula is C11H14N2O2. The summed E-state index contributed by atoms with van der Waals surface area (Å²) in [6.07, 6.45) is 0. The molecule has 0 amide bonds. The van der Waals surface area contributed by atoms with Gasteiger partial charge in [-0.3, -0.25) is 4.84 Å². The van der Waals surface area contributed by atoms with Crippen molar-refractivity contribution in [3.63, 3.8) is 0 Å². The number of methoxy groups -OCH3 is 1. The molecule has 1 aromatic rings. The van der Waals surface area contributed by atoms with Crippen molar-refractivity contribution in [3.05, 3.63) is 35.4 Å². The minimum Gasteiger partial charge on any atom is -0.382 e. The molecule has 0 saturated carbocycles. The third-order valence-corrected chi connectivity index (χ3v) is 1.89. The molecule has 0 aliphatic heterocycles. The van der Waals surface area contributed by atoms with Gasteiger partial charge in [-0.05, 0) is 11.6 Å². The number of hydrogen-bond donors (Lipinski definition) is 1. The summed E-state index contributed by atoms with van der Waals surface area (Å²) in [5.41, 5.74) is 4.38. The summed E-state index contributed by atoms with van der Waals surface area (Å²) in [5.74, 6) is 0. The molecule has 1 N–H and O–H groups in total. The van der Waals surface area contributed by atoms with E-state index in [0.29, 0.717) is 25.3 Å². The van der Waals surface area contributed by atoms with Crippen LogP contribution in [0, 0.1) is 11.3 Å². The van der Waals surface area contributed by atoms with Gasteiger partial charge in [0.2, 0.25) is 0 Å². The average Bonchev–Trinajstić information content (AvgIpc) is 2.29. The molecule has 0 saturated heterocycles. The fraction of sp³-hybridized carbons (Fsp3) is 0.364. The highest BCUT2D eigenvalue weighted by molar-refractivity contribution is 5.36. The molecule has 0 unspecified atom stereocenters. The van der Waals surface area contributed by atoms with E-state index in [1.54, 1.807) is 13.2 Å². The third kappa shape index (κ3) is 4.09. The number of hydrogen-bond acceptors (Lipinski definition) is 4. The van der Waals surface area contributed by atoms with Crippen molar-refractivity contribution in [2.75, 3.05) is 20.3 Å². The van der Waals surface area contributed by atoms with Gasteiger partial charge in [0.1, 0.15) is 0 Å². The lowest BCUT2D eigenvalue weighted by atomic mass is 10.1.